The zero-order chi connectivity index (χ0) is 22.1. The molecule has 158 valence electrons. The second kappa shape index (κ2) is 7.94. The highest BCUT2D eigenvalue weighted by Gasteiger charge is 2.47. The number of aromatic hydroxyl groups is 1. The van der Waals surface area contributed by atoms with Crippen molar-refractivity contribution in [1.82, 2.24) is 4.90 Å². The number of phenolic OH excluding ortho intramolecular Hbond substituents is 1. The third-order valence-electron chi connectivity index (χ3n) is 5.33. The fraction of sp³-hybridized carbons (Fsp3) is 0.375. The number of nitrogens with zero attached hydrogens (tertiary/aromatic N) is 1. The van der Waals surface area contributed by atoms with Crippen LogP contribution in [0, 0.1) is 0 Å². The van der Waals surface area contributed by atoms with Crippen molar-refractivity contribution in [2.45, 2.75) is 51.6 Å². The van der Waals surface area contributed by atoms with Crippen molar-refractivity contribution in [3.05, 3.63) is 59.7 Å². The van der Waals surface area contributed by atoms with E-state index in [1.165, 1.54) is 12.1 Å². The highest BCUT2D eigenvalue weighted by molar-refractivity contribution is 6.10. The Balaban J connectivity index is 1.72. The van der Waals surface area contributed by atoms with Gasteiger partial charge in [0.1, 0.15) is 17.3 Å². The van der Waals surface area contributed by atoms with Gasteiger partial charge >= 0.3 is 0 Å². The summed E-state index contributed by atoms with van der Waals surface area (Å²) < 4.78 is 5.61. The van der Waals surface area contributed by atoms with E-state index < -0.39 is 11.1 Å². The van der Waals surface area contributed by atoms with Crippen LogP contribution < -0.4 is 4.74 Å². The maximum Gasteiger partial charge on any atom is 0.261 e. The number of phenols is 1. The van der Waals surface area contributed by atoms with Crippen molar-refractivity contribution in [2.24, 2.45) is 0 Å². The fourth-order valence-corrected chi connectivity index (χ4v) is 4.43. The van der Waals surface area contributed by atoms with Gasteiger partial charge in [0.2, 0.25) is 0 Å². The highest BCUT2D eigenvalue weighted by atomic mass is 16.5. The van der Waals surface area contributed by atoms with E-state index in [9.17, 15) is 19.5 Å². The van der Waals surface area contributed by atoms with Crippen LogP contribution in [0.2, 0.25) is 0 Å². The van der Waals surface area contributed by atoms with Gasteiger partial charge in [-0.2, -0.15) is 0 Å². The van der Waals surface area contributed by atoms with Gasteiger partial charge in [0, 0.05) is 35.5 Å². The van der Waals surface area contributed by atoms with Crippen LogP contribution in [0.15, 0.2) is 48.5 Å². The van der Waals surface area contributed by atoms with Crippen LogP contribution in [0.5, 0.6) is 11.5 Å². The summed E-state index contributed by atoms with van der Waals surface area (Å²) in [4.78, 5) is 39.2. The van der Waals surface area contributed by atoms with E-state index in [2.05, 4.69) is 0 Å². The normalized spacial score (nSPS) is 17.5. The number of carbonyl (C=O) groups excluding carboxylic acids is 3. The Kier molecular flexibility index (Phi) is 5.70. The number of likely N-dealkylation sites (tertiary alicyclic amines) is 1. The standard InChI is InChI=1S/C24H27NO5/c1-23(2)13-17(26)14-24(3,4)25(23)21(28)15-30-18-10-11-19(20(27)12-18)22(29)16-8-6-5-7-9-16/h5-12,27H,13-15H2,1-4H3. The van der Waals surface area contributed by atoms with Crippen molar-refractivity contribution >= 4 is 17.5 Å². The average Bonchev–Trinajstić information content (AvgIpc) is 2.64. The van der Waals surface area contributed by atoms with Gasteiger partial charge in [0.25, 0.3) is 5.91 Å². The van der Waals surface area contributed by atoms with Gasteiger partial charge < -0.3 is 14.7 Å². The largest absolute Gasteiger partial charge is 0.507 e. The Hall–Kier alpha value is -3.15. The van der Waals surface area contributed by atoms with E-state index in [1.54, 1.807) is 35.2 Å². The Bertz CT molecular complexity index is 958. The van der Waals surface area contributed by atoms with Crippen LogP contribution in [0.25, 0.3) is 0 Å². The van der Waals surface area contributed by atoms with E-state index >= 15 is 0 Å². The predicted molar refractivity (Wildman–Crippen MR) is 113 cm³/mol. The molecule has 3 rings (SSSR count). The minimum absolute atomic E-state index is 0.138. The lowest BCUT2D eigenvalue weighted by Crippen LogP contribution is -2.64. The lowest BCUT2D eigenvalue weighted by Gasteiger charge is -2.52. The van der Waals surface area contributed by atoms with Gasteiger partial charge in [-0.1, -0.05) is 30.3 Å². The maximum atomic E-state index is 12.9. The number of piperidine rings is 1. The predicted octanol–water partition coefficient (Wildman–Crippen LogP) is 3.75. The smallest absolute Gasteiger partial charge is 0.261 e. The summed E-state index contributed by atoms with van der Waals surface area (Å²) in [5, 5.41) is 10.3. The molecule has 0 aliphatic carbocycles. The number of ether oxygens (including phenoxy) is 1. The molecule has 1 fully saturated rings. The van der Waals surface area contributed by atoms with E-state index in [1.807, 2.05) is 33.8 Å². The van der Waals surface area contributed by atoms with E-state index in [4.69, 9.17) is 4.74 Å². The van der Waals surface area contributed by atoms with Crippen molar-refractivity contribution in [2.75, 3.05) is 6.61 Å². The molecule has 1 saturated heterocycles. The van der Waals surface area contributed by atoms with Crippen LogP contribution in [0.1, 0.15) is 56.5 Å². The van der Waals surface area contributed by atoms with Crippen molar-refractivity contribution in [3.63, 3.8) is 0 Å². The first kappa shape index (κ1) is 21.6. The molecule has 0 unspecified atom stereocenters. The summed E-state index contributed by atoms with van der Waals surface area (Å²) in [5.41, 5.74) is -0.571. The molecule has 6 nitrogen and oxygen atoms in total. The minimum Gasteiger partial charge on any atom is -0.507 e. The second-order valence-corrected chi connectivity index (χ2v) is 8.91. The molecule has 0 aromatic heterocycles. The monoisotopic (exact) mass is 409 g/mol. The molecule has 1 heterocycles. The summed E-state index contributed by atoms with van der Waals surface area (Å²) in [7, 11) is 0. The molecule has 30 heavy (non-hydrogen) atoms. The van der Waals surface area contributed by atoms with Crippen LogP contribution in [-0.4, -0.2) is 45.2 Å². The zero-order valence-electron chi connectivity index (χ0n) is 17.8. The average molecular weight is 409 g/mol. The van der Waals surface area contributed by atoms with Crippen LogP contribution in [0.4, 0.5) is 0 Å². The molecule has 1 aliphatic heterocycles. The summed E-state index contributed by atoms with van der Waals surface area (Å²) in [6, 6.07) is 13.0. The van der Waals surface area contributed by atoms with E-state index in [-0.39, 0.29) is 41.1 Å². The molecule has 0 spiro atoms. The number of benzene rings is 2. The quantitative estimate of drug-likeness (QED) is 0.761. The minimum atomic E-state index is -0.604. The molecule has 2 aromatic carbocycles. The molecule has 1 N–H and O–H groups in total. The molecule has 0 bridgehead atoms. The molecule has 1 aliphatic rings. The van der Waals surface area contributed by atoms with Crippen molar-refractivity contribution in [1.29, 1.82) is 0 Å². The van der Waals surface area contributed by atoms with Crippen LogP contribution in [-0.2, 0) is 9.59 Å². The molecule has 0 atom stereocenters. The molecule has 0 saturated carbocycles. The number of amides is 1. The molecule has 6 heteroatoms. The molecule has 0 radical (unpaired) electrons. The van der Waals surface area contributed by atoms with E-state index in [0.29, 0.717) is 18.4 Å². The molecular weight excluding hydrogens is 382 g/mol. The number of carbonyl (C=O) groups is 3. The first-order chi connectivity index (χ1) is 14.0. The zero-order valence-corrected chi connectivity index (χ0v) is 17.8. The Morgan fingerprint density at radius 3 is 2.17 bits per heavy atom. The summed E-state index contributed by atoms with van der Waals surface area (Å²) >= 11 is 0. The number of hydrogen-bond donors (Lipinski definition) is 1. The van der Waals surface area contributed by atoms with Crippen LogP contribution in [0.3, 0.4) is 0 Å². The van der Waals surface area contributed by atoms with Gasteiger partial charge in [-0.05, 0) is 39.8 Å². The molecule has 1 amide bonds. The Morgan fingerprint density at radius 2 is 1.60 bits per heavy atom. The summed E-state index contributed by atoms with van der Waals surface area (Å²) in [6.45, 7) is 7.27. The molecular formula is C24H27NO5. The first-order valence-electron chi connectivity index (χ1n) is 9.92. The number of hydrogen-bond acceptors (Lipinski definition) is 5. The number of rotatable bonds is 5. The fourth-order valence-electron chi connectivity index (χ4n) is 4.43. The van der Waals surface area contributed by atoms with Gasteiger partial charge in [-0.15, -0.1) is 0 Å². The highest BCUT2D eigenvalue weighted by Crippen LogP contribution is 2.36. The Labute approximate surface area is 176 Å². The topological polar surface area (TPSA) is 83.9 Å². The van der Waals surface area contributed by atoms with Gasteiger partial charge in [0.05, 0.1) is 5.56 Å². The summed E-state index contributed by atoms with van der Waals surface area (Å²) in [6.07, 6.45) is 0.610. The second-order valence-electron chi connectivity index (χ2n) is 8.91. The maximum absolute atomic E-state index is 12.9. The van der Waals surface area contributed by atoms with Gasteiger partial charge in [0.15, 0.2) is 12.4 Å². The third kappa shape index (κ3) is 4.37. The third-order valence-corrected chi connectivity index (χ3v) is 5.33. The first-order valence-corrected chi connectivity index (χ1v) is 9.92. The van der Waals surface area contributed by atoms with Crippen LogP contribution >= 0.6 is 0 Å². The van der Waals surface area contributed by atoms with Gasteiger partial charge in [-0.3, -0.25) is 14.4 Å². The lowest BCUT2D eigenvalue weighted by atomic mass is 9.79. The number of ketones is 2. The van der Waals surface area contributed by atoms with Crippen molar-refractivity contribution < 1.29 is 24.2 Å². The SMILES string of the molecule is CC1(C)CC(=O)CC(C)(C)N1C(=O)COc1ccc(C(=O)c2ccccc2)c(O)c1. The molecule has 2 aromatic rings. The van der Waals surface area contributed by atoms with Gasteiger partial charge in [-0.25, -0.2) is 0 Å². The lowest BCUT2D eigenvalue weighted by molar-refractivity contribution is -0.155. The summed E-state index contributed by atoms with van der Waals surface area (Å²) in [5.74, 6) is -0.315. The van der Waals surface area contributed by atoms with Crippen molar-refractivity contribution in [3.8, 4) is 11.5 Å². The number of Topliss-reactive ketones (excluding diaryl/α,β-unsaturated/α-hetero) is 1. The Morgan fingerprint density at radius 1 is 1.00 bits per heavy atom. The van der Waals surface area contributed by atoms with E-state index in [0.717, 1.165) is 0 Å².